The number of aromatic nitrogens is 2. The predicted molar refractivity (Wildman–Crippen MR) is 291 cm³/mol. The van der Waals surface area contributed by atoms with Crippen LogP contribution in [0.15, 0.2) is 206 Å². The van der Waals surface area contributed by atoms with Crippen LogP contribution in [0.5, 0.6) is 0 Å². The van der Waals surface area contributed by atoms with E-state index in [1.165, 1.54) is 24.3 Å². The van der Waals surface area contributed by atoms with Crippen LogP contribution in [0, 0.1) is 27.7 Å². The van der Waals surface area contributed by atoms with E-state index in [9.17, 15) is 0 Å². The van der Waals surface area contributed by atoms with Crippen molar-refractivity contribution < 1.29 is 26.3 Å². The van der Waals surface area contributed by atoms with Crippen molar-refractivity contribution in [3.63, 3.8) is 0 Å². The number of nitrogens with zero attached hydrogens (tertiary/aromatic N) is 2. The molecule has 0 atom stereocenters. The molecule has 0 aliphatic rings. The minimum atomic E-state index is -4.81. The summed E-state index contributed by atoms with van der Waals surface area (Å²) >= 11 is 0. The summed E-state index contributed by atoms with van der Waals surface area (Å²) in [6.07, 6.45) is -9.62. The third-order valence-electron chi connectivity index (χ3n) is 14.8. The molecule has 2 aromatic heterocycles. The summed E-state index contributed by atoms with van der Waals surface area (Å²) < 4.78 is 97.7. The molecule has 0 N–H and O–H groups in total. The maximum absolute atomic E-state index is 15.7. The highest BCUT2D eigenvalue weighted by atomic mass is 19.4. The van der Waals surface area contributed by atoms with Crippen molar-refractivity contribution in [2.45, 2.75) is 40.0 Å². The zero-order valence-corrected chi connectivity index (χ0v) is 40.8. The average Bonchev–Trinajstić information content (AvgIpc) is 3.90. The highest BCUT2D eigenvalue weighted by molar-refractivity contribution is 6.13. The van der Waals surface area contributed by atoms with Crippen LogP contribution in [-0.2, 0) is 12.4 Å². The van der Waals surface area contributed by atoms with E-state index in [2.05, 4.69) is 0 Å². The second kappa shape index (κ2) is 17.6. The number of fused-ring (bicyclic) bond motifs is 6. The number of halogens is 6. The van der Waals surface area contributed by atoms with E-state index < -0.39 is 23.5 Å². The van der Waals surface area contributed by atoms with Crippen LogP contribution in [0.1, 0.15) is 33.4 Å². The minimum Gasteiger partial charge on any atom is -0.309 e. The van der Waals surface area contributed by atoms with Crippen LogP contribution < -0.4 is 0 Å². The molecule has 0 fully saturated rings. The molecule has 0 aliphatic carbocycles. The minimum absolute atomic E-state index is 0.150. The Labute approximate surface area is 424 Å². The van der Waals surface area contributed by atoms with Crippen LogP contribution in [0.4, 0.5) is 26.3 Å². The molecule has 2 heterocycles. The number of hydrogen-bond donors (Lipinski definition) is 0. The van der Waals surface area contributed by atoms with Gasteiger partial charge in [0, 0.05) is 21.5 Å². The van der Waals surface area contributed by atoms with Crippen LogP contribution in [0.25, 0.3) is 111 Å². The zero-order chi connectivity index (χ0) is 51.2. The zero-order valence-electron chi connectivity index (χ0n) is 40.8. The van der Waals surface area contributed by atoms with Gasteiger partial charge in [-0.25, -0.2) is 0 Å². The fourth-order valence-electron chi connectivity index (χ4n) is 11.1. The van der Waals surface area contributed by atoms with E-state index in [4.69, 9.17) is 0 Å². The lowest BCUT2D eigenvalue weighted by Gasteiger charge is -2.20. The highest BCUT2D eigenvalue weighted by Crippen LogP contribution is 2.46. The first kappa shape index (κ1) is 46.5. The van der Waals surface area contributed by atoms with E-state index >= 15 is 26.3 Å². The summed E-state index contributed by atoms with van der Waals surface area (Å²) in [5.41, 5.74) is 11.9. The first-order valence-corrected chi connectivity index (χ1v) is 24.5. The topological polar surface area (TPSA) is 9.86 Å². The molecule has 8 heteroatoms. The van der Waals surface area contributed by atoms with Crippen molar-refractivity contribution in [1.82, 2.24) is 9.13 Å². The van der Waals surface area contributed by atoms with Gasteiger partial charge in [-0.3, -0.25) is 0 Å². The monoisotopic (exact) mass is 980 g/mol. The largest absolute Gasteiger partial charge is 0.418 e. The molecule has 10 aromatic carbocycles. The van der Waals surface area contributed by atoms with Crippen LogP contribution in [-0.4, -0.2) is 9.13 Å². The Kier molecular flexibility index (Phi) is 11.0. The number of benzene rings is 10. The molecule has 0 aliphatic heterocycles. The molecular formula is C66H46F6N2. The van der Waals surface area contributed by atoms with Crippen molar-refractivity contribution >= 4 is 43.6 Å². The summed E-state index contributed by atoms with van der Waals surface area (Å²) in [6, 6.07) is 62.9. The number of alkyl halides is 6. The summed E-state index contributed by atoms with van der Waals surface area (Å²) in [5, 5.41) is 3.02. The molecule has 0 bridgehead atoms. The van der Waals surface area contributed by atoms with Crippen molar-refractivity contribution in [3.8, 4) is 67.0 Å². The van der Waals surface area contributed by atoms with Gasteiger partial charge in [0.15, 0.2) is 0 Å². The molecule has 0 radical (unpaired) electrons. The molecule has 12 rings (SSSR count). The summed E-state index contributed by atoms with van der Waals surface area (Å²) in [7, 11) is 0. The smallest absolute Gasteiger partial charge is 0.309 e. The second-order valence-corrected chi connectivity index (χ2v) is 19.3. The summed E-state index contributed by atoms with van der Waals surface area (Å²) in [6.45, 7) is 7.99. The van der Waals surface area contributed by atoms with Crippen LogP contribution in [0.3, 0.4) is 0 Å². The maximum Gasteiger partial charge on any atom is 0.418 e. The molecule has 0 amide bonds. The van der Waals surface area contributed by atoms with Gasteiger partial charge in [-0.2, -0.15) is 26.3 Å². The van der Waals surface area contributed by atoms with E-state index in [0.717, 1.165) is 100 Å². The van der Waals surface area contributed by atoms with Gasteiger partial charge in [-0.1, -0.05) is 158 Å². The van der Waals surface area contributed by atoms with E-state index in [1.54, 1.807) is 9.13 Å². The normalized spacial score (nSPS) is 12.2. The maximum atomic E-state index is 15.7. The van der Waals surface area contributed by atoms with E-state index in [1.807, 2.05) is 198 Å². The lowest BCUT2D eigenvalue weighted by molar-refractivity contribution is -0.138. The lowest BCUT2D eigenvalue weighted by Crippen LogP contribution is -2.12. The SMILES string of the molecule is Cc1ccccc1-c1ccc2c3ccc(-c4ccccc4C)cc3n(-c3cc(-c4ccc(C(F)(F)F)c(-n5c6cc(-c7ccccc7C)ccc6c6ccc(-c7ccccc7C)cc65)c4)ccc3C(F)(F)F)c2c1. The first-order chi connectivity index (χ1) is 35.6. The Morgan fingerprint density at radius 3 is 0.757 bits per heavy atom. The van der Waals surface area contributed by atoms with Gasteiger partial charge >= 0.3 is 12.4 Å². The average molecular weight is 981 g/mol. The van der Waals surface area contributed by atoms with Gasteiger partial charge in [-0.15, -0.1) is 0 Å². The fraction of sp³-hybridized carbons (Fsp3) is 0.0909. The molecule has 0 spiro atoms. The first-order valence-electron chi connectivity index (χ1n) is 24.5. The number of hydrogen-bond acceptors (Lipinski definition) is 0. The van der Waals surface area contributed by atoms with Gasteiger partial charge in [-0.05, 0) is 154 Å². The van der Waals surface area contributed by atoms with E-state index in [0.29, 0.717) is 33.2 Å². The highest BCUT2D eigenvalue weighted by Gasteiger charge is 2.37. The lowest BCUT2D eigenvalue weighted by atomic mass is 9.98. The molecule has 362 valence electrons. The molecular weight excluding hydrogens is 935 g/mol. The van der Waals surface area contributed by atoms with Gasteiger partial charge in [0.05, 0.1) is 44.6 Å². The predicted octanol–water partition coefficient (Wildman–Crippen LogP) is 19.5. The Bertz CT molecular complexity index is 3750. The molecule has 0 unspecified atom stereocenters. The van der Waals surface area contributed by atoms with Gasteiger partial charge < -0.3 is 9.13 Å². The Balaban J connectivity index is 1.14. The quantitative estimate of drug-likeness (QED) is 0.141. The van der Waals surface area contributed by atoms with Gasteiger partial charge in [0.1, 0.15) is 0 Å². The molecule has 12 aromatic rings. The van der Waals surface area contributed by atoms with Gasteiger partial charge in [0.25, 0.3) is 0 Å². The van der Waals surface area contributed by atoms with Crippen molar-refractivity contribution in [2.24, 2.45) is 0 Å². The summed E-state index contributed by atoms with van der Waals surface area (Å²) in [5.74, 6) is 0. The second-order valence-electron chi connectivity index (χ2n) is 19.3. The van der Waals surface area contributed by atoms with Crippen molar-refractivity contribution in [1.29, 1.82) is 0 Å². The molecule has 74 heavy (non-hydrogen) atoms. The Morgan fingerprint density at radius 1 is 0.270 bits per heavy atom. The van der Waals surface area contributed by atoms with Crippen molar-refractivity contribution in [2.75, 3.05) is 0 Å². The van der Waals surface area contributed by atoms with E-state index in [-0.39, 0.29) is 11.4 Å². The molecule has 0 saturated heterocycles. The standard InChI is InChI=1S/C66H46F6N2/c1-39-13-5-9-17-49(39)45-21-27-53-54-28-22-46(50-18-10-6-14-40(50)2)36-60(54)73(59(53)35-45)63-33-43(25-31-57(63)65(67,68)69)44-26-32-58(66(70,71)72)64(34-44)74-61-37-47(51-19-11-7-15-41(51)3)23-29-55(61)56-30-24-48(38-62(56)74)52-20-12-8-16-42(52)4/h5-38H,1-4H3. The molecule has 0 saturated carbocycles. The Morgan fingerprint density at radius 2 is 0.514 bits per heavy atom. The van der Waals surface area contributed by atoms with Gasteiger partial charge in [0.2, 0.25) is 0 Å². The number of aryl methyl sites for hydroxylation is 4. The molecule has 2 nitrogen and oxygen atoms in total. The number of rotatable bonds is 7. The van der Waals surface area contributed by atoms with Crippen LogP contribution >= 0.6 is 0 Å². The fourth-order valence-corrected chi connectivity index (χ4v) is 11.1. The Hall–Kier alpha value is -8.62. The third-order valence-corrected chi connectivity index (χ3v) is 14.8. The van der Waals surface area contributed by atoms with Crippen molar-refractivity contribution in [3.05, 3.63) is 240 Å². The summed E-state index contributed by atoms with van der Waals surface area (Å²) in [4.78, 5) is 0. The van der Waals surface area contributed by atoms with Crippen LogP contribution in [0.2, 0.25) is 0 Å². The third kappa shape index (κ3) is 7.84.